The average Bonchev–Trinajstić information content (AvgIpc) is 2.94. The zero-order valence-corrected chi connectivity index (χ0v) is 16.9. The smallest absolute Gasteiger partial charge is 0.293 e. The van der Waals surface area contributed by atoms with E-state index in [4.69, 9.17) is 16.3 Å². The summed E-state index contributed by atoms with van der Waals surface area (Å²) in [7, 11) is 0. The van der Waals surface area contributed by atoms with Crippen LogP contribution in [0.2, 0.25) is 0 Å². The van der Waals surface area contributed by atoms with Gasteiger partial charge in [-0.15, -0.1) is 11.6 Å². The van der Waals surface area contributed by atoms with Gasteiger partial charge in [0.25, 0.3) is 6.47 Å². The summed E-state index contributed by atoms with van der Waals surface area (Å²) in [5.41, 5.74) is 0.300. The minimum Gasteiger partial charge on any atom is -0.463 e. The highest BCUT2D eigenvalue weighted by Gasteiger charge is 2.70. The summed E-state index contributed by atoms with van der Waals surface area (Å²) in [6.45, 7) is 6.42. The average molecular weight is 391 g/mol. The van der Waals surface area contributed by atoms with Crippen LogP contribution < -0.4 is 0 Å². The van der Waals surface area contributed by atoms with Crippen LogP contribution in [0.5, 0.6) is 0 Å². The Morgan fingerprint density at radius 3 is 2.67 bits per heavy atom. The highest BCUT2D eigenvalue weighted by molar-refractivity contribution is 6.26. The molecule has 0 spiro atoms. The number of alkyl halides is 1. The van der Waals surface area contributed by atoms with Gasteiger partial charge in [0, 0.05) is 11.3 Å². The molecule has 4 aliphatic carbocycles. The number of fused-ring (bicyclic) bond motifs is 5. The van der Waals surface area contributed by atoms with E-state index in [0.29, 0.717) is 18.8 Å². The standard InChI is InChI=1S/C22H27ClO4/c1-13(25)16-6-7-17-18-5-4-14-10-15(26)8-9-21(14,3)22(18,23)19(27-12-24)11-20(16,17)2/h8-10,12,16-19H,4-7,11H2,1-3H3/t16-,17+,18+,19?,20-,21+,22+/m1/s1. The molecule has 27 heavy (non-hydrogen) atoms. The number of hydrogen-bond acceptors (Lipinski definition) is 4. The van der Waals surface area contributed by atoms with Crippen LogP contribution in [0.1, 0.15) is 52.9 Å². The van der Waals surface area contributed by atoms with E-state index in [2.05, 4.69) is 13.8 Å². The summed E-state index contributed by atoms with van der Waals surface area (Å²) >= 11 is 7.47. The Kier molecular flexibility index (Phi) is 4.23. The van der Waals surface area contributed by atoms with Crippen molar-refractivity contribution in [1.82, 2.24) is 0 Å². The van der Waals surface area contributed by atoms with E-state index in [-0.39, 0.29) is 28.8 Å². The molecular formula is C22H27ClO4. The van der Waals surface area contributed by atoms with E-state index < -0.39 is 16.4 Å². The number of hydrogen-bond donors (Lipinski definition) is 0. The first-order valence-corrected chi connectivity index (χ1v) is 10.3. The van der Waals surface area contributed by atoms with Crippen molar-refractivity contribution in [2.24, 2.45) is 28.6 Å². The summed E-state index contributed by atoms with van der Waals surface area (Å²) < 4.78 is 5.63. The number of allylic oxidation sites excluding steroid dienone is 4. The predicted molar refractivity (Wildman–Crippen MR) is 102 cm³/mol. The minimum absolute atomic E-state index is 0.00492. The molecule has 0 aromatic rings. The van der Waals surface area contributed by atoms with Gasteiger partial charge in [0.05, 0.1) is 4.87 Å². The highest BCUT2D eigenvalue weighted by Crippen LogP contribution is 2.70. The number of ketones is 2. The van der Waals surface area contributed by atoms with Crippen LogP contribution in [0.3, 0.4) is 0 Å². The van der Waals surface area contributed by atoms with Crippen molar-refractivity contribution < 1.29 is 19.1 Å². The largest absolute Gasteiger partial charge is 0.463 e. The first kappa shape index (κ1) is 18.9. The van der Waals surface area contributed by atoms with Crippen LogP contribution in [0.25, 0.3) is 0 Å². The number of ether oxygens (including phenoxy) is 1. The molecule has 0 aromatic heterocycles. The Labute approximate surface area is 165 Å². The van der Waals surface area contributed by atoms with Gasteiger partial charge in [0.15, 0.2) is 5.78 Å². The molecule has 0 aromatic carbocycles. The van der Waals surface area contributed by atoms with E-state index in [1.165, 1.54) is 0 Å². The molecule has 0 bridgehead atoms. The van der Waals surface area contributed by atoms with Crippen molar-refractivity contribution in [2.75, 3.05) is 0 Å². The Balaban J connectivity index is 1.84. The topological polar surface area (TPSA) is 60.4 Å². The van der Waals surface area contributed by atoms with Gasteiger partial charge in [-0.1, -0.05) is 25.5 Å². The lowest BCUT2D eigenvalue weighted by Gasteiger charge is -2.63. The van der Waals surface area contributed by atoms with Crippen molar-refractivity contribution in [2.45, 2.75) is 63.9 Å². The molecule has 4 rings (SSSR count). The molecule has 0 aliphatic heterocycles. The van der Waals surface area contributed by atoms with Gasteiger partial charge in [-0.05, 0) is 68.4 Å². The predicted octanol–water partition coefficient (Wildman–Crippen LogP) is 4.01. The quantitative estimate of drug-likeness (QED) is 0.539. The first-order valence-electron chi connectivity index (χ1n) is 9.91. The minimum atomic E-state index is -0.801. The number of rotatable bonds is 3. The van der Waals surface area contributed by atoms with Gasteiger partial charge >= 0.3 is 0 Å². The molecule has 3 fully saturated rings. The molecule has 1 unspecified atom stereocenters. The number of carbonyl (C=O) groups excluding carboxylic acids is 3. The van der Waals surface area contributed by atoms with Crippen LogP contribution in [0.4, 0.5) is 0 Å². The molecule has 7 atom stereocenters. The van der Waals surface area contributed by atoms with Gasteiger partial charge in [0.1, 0.15) is 11.9 Å². The fourth-order valence-electron chi connectivity index (χ4n) is 7.05. The molecule has 0 N–H and O–H groups in total. The summed E-state index contributed by atoms with van der Waals surface area (Å²) in [6.07, 6.45) is 8.85. The van der Waals surface area contributed by atoms with Crippen LogP contribution in [-0.2, 0) is 19.1 Å². The zero-order chi connectivity index (χ0) is 19.6. The molecule has 5 heteroatoms. The van der Waals surface area contributed by atoms with E-state index in [9.17, 15) is 14.4 Å². The lowest BCUT2D eigenvalue weighted by molar-refractivity contribution is -0.155. The molecule has 4 aliphatic rings. The van der Waals surface area contributed by atoms with Crippen molar-refractivity contribution >= 4 is 29.6 Å². The fraction of sp³-hybridized carbons (Fsp3) is 0.682. The first-order chi connectivity index (χ1) is 12.7. The van der Waals surface area contributed by atoms with Crippen molar-refractivity contribution in [3.05, 3.63) is 23.8 Å². The van der Waals surface area contributed by atoms with Crippen LogP contribution in [0.15, 0.2) is 23.8 Å². The van der Waals surface area contributed by atoms with Gasteiger partial charge in [-0.25, -0.2) is 0 Å². The van der Waals surface area contributed by atoms with Crippen LogP contribution in [-0.4, -0.2) is 29.0 Å². The summed E-state index contributed by atoms with van der Waals surface area (Å²) in [5.74, 6) is 0.659. The number of halogens is 1. The number of Topliss-reactive ketones (excluding diaryl/α,β-unsaturated/α-hetero) is 1. The zero-order valence-electron chi connectivity index (χ0n) is 16.2. The van der Waals surface area contributed by atoms with Crippen molar-refractivity contribution in [3.8, 4) is 0 Å². The molecule has 0 radical (unpaired) electrons. The maximum Gasteiger partial charge on any atom is 0.293 e. The summed E-state index contributed by atoms with van der Waals surface area (Å²) in [5, 5.41) is 0. The van der Waals surface area contributed by atoms with E-state index >= 15 is 0 Å². The second-order valence-electron chi connectivity index (χ2n) is 9.30. The molecule has 0 saturated heterocycles. The van der Waals surface area contributed by atoms with E-state index in [0.717, 1.165) is 31.3 Å². The third kappa shape index (κ3) is 2.31. The maximum atomic E-state index is 12.3. The Morgan fingerprint density at radius 1 is 1.26 bits per heavy atom. The fourth-order valence-corrected chi connectivity index (χ4v) is 7.63. The molecule has 3 saturated carbocycles. The van der Waals surface area contributed by atoms with E-state index in [1.54, 1.807) is 19.1 Å². The molecule has 4 nitrogen and oxygen atoms in total. The SMILES string of the molecule is CC(=O)[C@H]1CC[C@H]2[C@@H]3CCC4=CC(=O)C=C[C@]4(C)[C@@]3(Cl)C(OC=O)C[C@]12C. The third-order valence-corrected chi connectivity index (χ3v) is 9.24. The third-order valence-electron chi connectivity index (χ3n) is 8.32. The maximum absolute atomic E-state index is 12.3. The van der Waals surface area contributed by atoms with E-state index in [1.807, 2.05) is 6.08 Å². The Hall–Kier alpha value is -1.42. The van der Waals surface area contributed by atoms with Gasteiger partial charge in [0.2, 0.25) is 0 Å². The van der Waals surface area contributed by atoms with Crippen molar-refractivity contribution in [3.63, 3.8) is 0 Å². The van der Waals surface area contributed by atoms with Crippen LogP contribution in [0, 0.1) is 28.6 Å². The molecule has 0 amide bonds. The Bertz CT molecular complexity index is 770. The second kappa shape index (κ2) is 6.04. The molecule has 0 heterocycles. The van der Waals surface area contributed by atoms with Gasteiger partial charge in [-0.3, -0.25) is 14.4 Å². The highest BCUT2D eigenvalue weighted by atomic mass is 35.5. The second-order valence-corrected chi connectivity index (χ2v) is 9.92. The van der Waals surface area contributed by atoms with Gasteiger partial charge in [-0.2, -0.15) is 0 Å². The summed E-state index contributed by atoms with van der Waals surface area (Å²) in [6, 6.07) is 0. The lowest BCUT2D eigenvalue weighted by Crippen LogP contribution is -2.66. The lowest BCUT2D eigenvalue weighted by atomic mass is 9.46. The number of carbonyl (C=O) groups is 3. The van der Waals surface area contributed by atoms with Crippen LogP contribution >= 0.6 is 11.6 Å². The summed E-state index contributed by atoms with van der Waals surface area (Å²) in [4.78, 5) is 34.9. The monoisotopic (exact) mass is 390 g/mol. The normalized spacial score (nSPS) is 48.1. The molecular weight excluding hydrogens is 364 g/mol. The van der Waals surface area contributed by atoms with Gasteiger partial charge < -0.3 is 4.74 Å². The Morgan fingerprint density at radius 2 is 2.00 bits per heavy atom. The van der Waals surface area contributed by atoms with Crippen molar-refractivity contribution in [1.29, 1.82) is 0 Å². The molecule has 146 valence electrons.